The second kappa shape index (κ2) is 9.71. The van der Waals surface area contributed by atoms with Crippen LogP contribution in [0.4, 0.5) is 5.69 Å². The van der Waals surface area contributed by atoms with E-state index in [4.69, 9.17) is 16.3 Å². The van der Waals surface area contributed by atoms with Gasteiger partial charge in [0.2, 0.25) is 5.91 Å². The lowest BCUT2D eigenvalue weighted by Crippen LogP contribution is -2.58. The number of hydrogen-bond donors (Lipinski definition) is 2. The summed E-state index contributed by atoms with van der Waals surface area (Å²) in [6, 6.07) is 15.1. The number of nitrogens with one attached hydrogen (secondary N) is 2. The first kappa shape index (κ1) is 21.7. The summed E-state index contributed by atoms with van der Waals surface area (Å²) < 4.78 is 5.16. The zero-order chi connectivity index (χ0) is 21.8. The quantitative estimate of drug-likeness (QED) is 0.708. The van der Waals surface area contributed by atoms with Gasteiger partial charge in [-0.15, -0.1) is 0 Å². The van der Waals surface area contributed by atoms with Crippen molar-refractivity contribution in [2.24, 2.45) is 0 Å². The molecule has 6 nitrogen and oxygen atoms in total. The number of rotatable bonds is 6. The van der Waals surface area contributed by atoms with Crippen molar-refractivity contribution >= 4 is 29.1 Å². The minimum atomic E-state index is -0.0596. The van der Waals surface area contributed by atoms with Crippen LogP contribution >= 0.6 is 11.6 Å². The smallest absolute Gasteiger partial charge is 0.251 e. The Labute approximate surface area is 187 Å². The molecule has 2 unspecified atom stereocenters. The molecule has 2 bridgehead atoms. The van der Waals surface area contributed by atoms with E-state index >= 15 is 0 Å². The third-order valence-corrected chi connectivity index (χ3v) is 6.62. The highest BCUT2D eigenvalue weighted by Gasteiger charge is 2.39. The average Bonchev–Trinajstić information content (AvgIpc) is 2.76. The molecule has 0 radical (unpaired) electrons. The van der Waals surface area contributed by atoms with E-state index in [1.165, 1.54) is 0 Å². The highest BCUT2D eigenvalue weighted by atomic mass is 35.5. The Hall–Kier alpha value is -2.57. The number of carbonyl (C=O) groups excluding carboxylic acids is 2. The Kier molecular flexibility index (Phi) is 6.78. The Bertz CT molecular complexity index is 920. The minimum Gasteiger partial charge on any atom is -0.497 e. The second-order valence-corrected chi connectivity index (χ2v) is 8.72. The topological polar surface area (TPSA) is 70.7 Å². The van der Waals surface area contributed by atoms with Gasteiger partial charge in [-0.25, -0.2) is 0 Å². The van der Waals surface area contributed by atoms with Crippen LogP contribution in [0.1, 0.15) is 42.5 Å². The maximum Gasteiger partial charge on any atom is 0.251 e. The fourth-order valence-corrected chi connectivity index (χ4v) is 4.97. The van der Waals surface area contributed by atoms with E-state index in [-0.39, 0.29) is 17.9 Å². The number of hydrogen-bond acceptors (Lipinski definition) is 4. The van der Waals surface area contributed by atoms with Gasteiger partial charge in [-0.05, 0) is 62.1 Å². The highest BCUT2D eigenvalue weighted by Crippen LogP contribution is 2.34. The lowest BCUT2D eigenvalue weighted by Gasteiger charge is -2.48. The van der Waals surface area contributed by atoms with Gasteiger partial charge in [0.05, 0.1) is 24.4 Å². The van der Waals surface area contributed by atoms with Crippen LogP contribution in [0.5, 0.6) is 5.75 Å². The van der Waals surface area contributed by atoms with Crippen LogP contribution in [0.15, 0.2) is 48.5 Å². The van der Waals surface area contributed by atoms with Crippen LogP contribution < -0.4 is 15.4 Å². The predicted molar refractivity (Wildman–Crippen MR) is 122 cm³/mol. The molecule has 7 heteroatoms. The van der Waals surface area contributed by atoms with Gasteiger partial charge in [0.1, 0.15) is 5.75 Å². The van der Waals surface area contributed by atoms with Gasteiger partial charge in [-0.3, -0.25) is 14.5 Å². The number of methoxy groups -OCH3 is 1. The van der Waals surface area contributed by atoms with Gasteiger partial charge in [-0.1, -0.05) is 30.2 Å². The van der Waals surface area contributed by atoms with Crippen LogP contribution in [0, 0.1) is 0 Å². The first-order valence-corrected chi connectivity index (χ1v) is 11.2. The Morgan fingerprint density at radius 2 is 1.74 bits per heavy atom. The molecular weight excluding hydrogens is 414 g/mol. The van der Waals surface area contributed by atoms with E-state index in [1.54, 1.807) is 37.4 Å². The summed E-state index contributed by atoms with van der Waals surface area (Å²) in [5.41, 5.74) is 1.27. The zero-order valence-electron chi connectivity index (χ0n) is 17.6. The van der Waals surface area contributed by atoms with Gasteiger partial charge >= 0.3 is 0 Å². The van der Waals surface area contributed by atoms with Crippen LogP contribution in [-0.4, -0.2) is 48.5 Å². The lowest BCUT2D eigenvalue weighted by molar-refractivity contribution is -0.120. The highest BCUT2D eigenvalue weighted by molar-refractivity contribution is 6.33. The number of piperidine rings is 2. The SMILES string of the molecule is COc1ccc(C(=O)NC2CC3CCCC(C2)N3CC(=O)Nc2ccccc2Cl)cc1. The standard InChI is InChI=1S/C24H28ClN3O3/c1-31-20-11-9-16(10-12-20)24(30)26-17-13-18-5-4-6-19(14-17)28(18)15-23(29)27-22-8-3-2-7-21(22)25/h2-3,7-12,17-19H,4-6,13-15H2,1H3,(H,26,30)(H,27,29). The van der Waals surface area contributed by atoms with Crippen molar-refractivity contribution in [1.29, 1.82) is 0 Å². The molecule has 0 saturated carbocycles. The first-order chi connectivity index (χ1) is 15.0. The van der Waals surface area contributed by atoms with E-state index in [9.17, 15) is 9.59 Å². The summed E-state index contributed by atoms with van der Waals surface area (Å²) in [4.78, 5) is 27.7. The van der Waals surface area contributed by atoms with E-state index in [0.717, 1.165) is 37.9 Å². The Morgan fingerprint density at radius 1 is 1.06 bits per heavy atom. The fraction of sp³-hybridized carbons (Fsp3) is 0.417. The van der Waals surface area contributed by atoms with Crippen molar-refractivity contribution in [3.63, 3.8) is 0 Å². The summed E-state index contributed by atoms with van der Waals surface area (Å²) in [5.74, 6) is 0.621. The number of fused-ring (bicyclic) bond motifs is 2. The fourth-order valence-electron chi connectivity index (χ4n) is 4.78. The molecule has 2 fully saturated rings. The molecule has 0 aromatic heterocycles. The molecule has 2 aromatic rings. The second-order valence-electron chi connectivity index (χ2n) is 8.31. The molecule has 164 valence electrons. The maximum absolute atomic E-state index is 12.7. The molecule has 2 saturated heterocycles. The maximum atomic E-state index is 12.7. The summed E-state index contributed by atoms with van der Waals surface area (Å²) in [7, 11) is 1.61. The predicted octanol–water partition coefficient (Wildman–Crippen LogP) is 4.10. The number of benzene rings is 2. The van der Waals surface area contributed by atoms with E-state index in [0.29, 0.717) is 34.9 Å². The molecule has 2 heterocycles. The van der Waals surface area contributed by atoms with Gasteiger partial charge in [0.25, 0.3) is 5.91 Å². The molecule has 2 aliphatic rings. The van der Waals surface area contributed by atoms with Crippen LogP contribution in [0.3, 0.4) is 0 Å². The summed E-state index contributed by atoms with van der Waals surface area (Å²) in [6.07, 6.45) is 4.97. The minimum absolute atomic E-state index is 0.0503. The largest absolute Gasteiger partial charge is 0.497 e. The molecule has 2 atom stereocenters. The molecular formula is C24H28ClN3O3. The summed E-state index contributed by atoms with van der Waals surface area (Å²) >= 11 is 6.17. The van der Waals surface area contributed by atoms with Gasteiger partial charge in [0.15, 0.2) is 0 Å². The molecule has 2 aromatic carbocycles. The number of nitrogens with zero attached hydrogens (tertiary/aromatic N) is 1. The number of para-hydroxylation sites is 1. The number of halogens is 1. The van der Waals surface area contributed by atoms with Crippen molar-refractivity contribution in [2.75, 3.05) is 19.0 Å². The molecule has 0 aliphatic carbocycles. The van der Waals surface area contributed by atoms with Crippen molar-refractivity contribution in [1.82, 2.24) is 10.2 Å². The number of amides is 2. The Balaban J connectivity index is 1.35. The van der Waals surface area contributed by atoms with Crippen LogP contribution in [0.25, 0.3) is 0 Å². The summed E-state index contributed by atoms with van der Waals surface area (Å²) in [5, 5.41) is 6.66. The normalized spacial score (nSPS) is 23.1. The molecule has 0 spiro atoms. The van der Waals surface area contributed by atoms with Gasteiger partial charge in [0, 0.05) is 23.7 Å². The van der Waals surface area contributed by atoms with Crippen molar-refractivity contribution in [2.45, 2.75) is 50.2 Å². The molecule has 2 N–H and O–H groups in total. The molecule has 2 amide bonds. The number of carbonyl (C=O) groups is 2. The Morgan fingerprint density at radius 3 is 2.39 bits per heavy atom. The van der Waals surface area contributed by atoms with E-state index < -0.39 is 0 Å². The average molecular weight is 442 g/mol. The van der Waals surface area contributed by atoms with Gasteiger partial charge < -0.3 is 15.4 Å². The third kappa shape index (κ3) is 5.20. The lowest BCUT2D eigenvalue weighted by atomic mass is 9.81. The van der Waals surface area contributed by atoms with Crippen LogP contribution in [0.2, 0.25) is 5.02 Å². The van der Waals surface area contributed by atoms with Crippen molar-refractivity contribution < 1.29 is 14.3 Å². The van der Waals surface area contributed by atoms with E-state index in [1.807, 2.05) is 18.2 Å². The number of ether oxygens (including phenoxy) is 1. The number of anilines is 1. The third-order valence-electron chi connectivity index (χ3n) is 6.29. The van der Waals surface area contributed by atoms with Crippen LogP contribution in [-0.2, 0) is 4.79 Å². The first-order valence-electron chi connectivity index (χ1n) is 10.8. The molecule has 4 rings (SSSR count). The van der Waals surface area contributed by atoms with E-state index in [2.05, 4.69) is 15.5 Å². The van der Waals surface area contributed by atoms with Crippen molar-refractivity contribution in [3.8, 4) is 5.75 Å². The summed E-state index contributed by atoms with van der Waals surface area (Å²) in [6.45, 7) is 0.347. The molecule has 2 aliphatic heterocycles. The van der Waals surface area contributed by atoms with Gasteiger partial charge in [-0.2, -0.15) is 0 Å². The van der Waals surface area contributed by atoms with Crippen molar-refractivity contribution in [3.05, 3.63) is 59.1 Å². The molecule has 31 heavy (non-hydrogen) atoms. The monoisotopic (exact) mass is 441 g/mol. The zero-order valence-corrected chi connectivity index (χ0v) is 18.4.